The molecule has 0 radical (unpaired) electrons. The first kappa shape index (κ1) is 18.8. The Morgan fingerprint density at radius 1 is 1.35 bits per heavy atom. The van der Waals surface area contributed by atoms with Crippen LogP contribution in [-0.4, -0.2) is 48.4 Å². The summed E-state index contributed by atoms with van der Waals surface area (Å²) in [6.07, 6.45) is -0.323. The Hall–Kier alpha value is -2.20. The molecule has 1 rings (SSSR count). The zero-order valence-corrected chi connectivity index (χ0v) is 13.6. The van der Waals surface area contributed by atoms with Crippen LogP contribution in [0.4, 0.5) is 5.69 Å². The van der Waals surface area contributed by atoms with E-state index in [1.807, 2.05) is 0 Å². The van der Waals surface area contributed by atoms with Gasteiger partial charge in [0.2, 0.25) is 10.0 Å². The van der Waals surface area contributed by atoms with Gasteiger partial charge in [0.1, 0.15) is 0 Å². The molecule has 1 N–H and O–H groups in total. The highest BCUT2D eigenvalue weighted by Gasteiger charge is 2.26. The van der Waals surface area contributed by atoms with E-state index in [0.29, 0.717) is 0 Å². The van der Waals surface area contributed by atoms with E-state index in [4.69, 9.17) is 9.84 Å². The maximum absolute atomic E-state index is 12.4. The molecule has 0 heterocycles. The van der Waals surface area contributed by atoms with Crippen molar-refractivity contribution in [2.45, 2.75) is 25.2 Å². The second-order valence-electron chi connectivity index (χ2n) is 4.47. The Bertz CT molecular complexity index is 684. The summed E-state index contributed by atoms with van der Waals surface area (Å²) < 4.78 is 31.0. The molecule has 0 saturated carbocycles. The topological polar surface area (TPSA) is 127 Å². The zero-order valence-electron chi connectivity index (χ0n) is 12.8. The van der Waals surface area contributed by atoms with E-state index in [2.05, 4.69) is 0 Å². The van der Waals surface area contributed by atoms with Gasteiger partial charge in [-0.3, -0.25) is 14.9 Å². The Morgan fingerprint density at radius 3 is 2.43 bits per heavy atom. The molecule has 0 spiro atoms. The number of ether oxygens (including phenoxy) is 1. The summed E-state index contributed by atoms with van der Waals surface area (Å²) in [6.45, 7) is 3.56. The van der Waals surface area contributed by atoms with Gasteiger partial charge >= 0.3 is 11.7 Å². The predicted molar refractivity (Wildman–Crippen MR) is 81.0 cm³/mol. The van der Waals surface area contributed by atoms with E-state index < -0.39 is 26.6 Å². The highest BCUT2D eigenvalue weighted by molar-refractivity contribution is 7.89. The number of carboxylic acids is 1. The largest absolute Gasteiger partial charge is 0.486 e. The van der Waals surface area contributed by atoms with Crippen LogP contribution >= 0.6 is 0 Å². The molecule has 1 aromatic carbocycles. The summed E-state index contributed by atoms with van der Waals surface area (Å²) in [5.41, 5.74) is -0.524. The molecular weight excluding hydrogens is 328 g/mol. The minimum absolute atomic E-state index is 0.172. The minimum Gasteiger partial charge on any atom is -0.486 e. The first-order valence-electron chi connectivity index (χ1n) is 6.87. The minimum atomic E-state index is -3.83. The quantitative estimate of drug-likeness (QED) is 0.530. The van der Waals surface area contributed by atoms with Crippen molar-refractivity contribution in [3.8, 4) is 5.75 Å². The van der Waals surface area contributed by atoms with Gasteiger partial charge < -0.3 is 9.84 Å². The van der Waals surface area contributed by atoms with E-state index in [9.17, 15) is 23.3 Å². The molecule has 0 aliphatic rings. The van der Waals surface area contributed by atoms with Gasteiger partial charge in [-0.05, 0) is 12.1 Å². The molecule has 0 bridgehead atoms. The van der Waals surface area contributed by atoms with Crippen molar-refractivity contribution in [1.29, 1.82) is 0 Å². The normalized spacial score (nSPS) is 11.4. The van der Waals surface area contributed by atoms with Gasteiger partial charge in [0.05, 0.1) is 22.8 Å². The molecule has 9 nitrogen and oxygen atoms in total. The maximum Gasteiger partial charge on any atom is 0.312 e. The van der Waals surface area contributed by atoms with Gasteiger partial charge in [-0.1, -0.05) is 13.8 Å². The second-order valence-corrected chi connectivity index (χ2v) is 6.41. The number of hydrogen-bond acceptors (Lipinski definition) is 6. The maximum atomic E-state index is 12.4. The highest BCUT2D eigenvalue weighted by Crippen LogP contribution is 2.31. The third-order valence-electron chi connectivity index (χ3n) is 3.04. The third-order valence-corrected chi connectivity index (χ3v) is 5.09. The van der Waals surface area contributed by atoms with E-state index in [-0.39, 0.29) is 36.8 Å². The number of nitro benzene ring substituents is 1. The Kier molecular flexibility index (Phi) is 6.46. The van der Waals surface area contributed by atoms with Crippen molar-refractivity contribution in [1.82, 2.24) is 4.31 Å². The lowest BCUT2D eigenvalue weighted by Crippen LogP contribution is -2.30. The van der Waals surface area contributed by atoms with Crippen LogP contribution in [0.1, 0.15) is 20.3 Å². The number of hydrogen-bond donors (Lipinski definition) is 1. The van der Waals surface area contributed by atoms with Crippen molar-refractivity contribution >= 4 is 21.7 Å². The number of carboxylic acid groups (broad SMARTS) is 1. The van der Waals surface area contributed by atoms with Crippen molar-refractivity contribution in [3.63, 3.8) is 0 Å². The third kappa shape index (κ3) is 4.63. The van der Waals surface area contributed by atoms with Crippen LogP contribution < -0.4 is 4.74 Å². The van der Waals surface area contributed by atoms with Crippen LogP contribution in [0, 0.1) is 10.1 Å². The van der Waals surface area contributed by atoms with Gasteiger partial charge in [0.15, 0.2) is 5.75 Å². The van der Waals surface area contributed by atoms with Gasteiger partial charge in [0, 0.05) is 19.2 Å². The summed E-state index contributed by atoms with van der Waals surface area (Å²) in [7, 11) is -3.83. The summed E-state index contributed by atoms with van der Waals surface area (Å²) in [5, 5.41) is 19.6. The number of nitrogens with zero attached hydrogens (tertiary/aromatic N) is 2. The number of rotatable bonds is 9. The molecule has 0 amide bonds. The van der Waals surface area contributed by atoms with E-state index in [0.717, 1.165) is 12.1 Å². The molecule has 10 heteroatoms. The molecule has 0 aliphatic carbocycles. The monoisotopic (exact) mass is 346 g/mol. The summed E-state index contributed by atoms with van der Waals surface area (Å²) in [4.78, 5) is 20.6. The van der Waals surface area contributed by atoms with Crippen LogP contribution in [0.2, 0.25) is 0 Å². The Labute approximate surface area is 133 Å². The van der Waals surface area contributed by atoms with Crippen LogP contribution in [0.15, 0.2) is 23.1 Å². The van der Waals surface area contributed by atoms with Gasteiger partial charge in [-0.15, -0.1) is 0 Å². The SMILES string of the molecule is CCN(CC)S(=O)(=O)c1ccc(OCCC(=O)O)c([N+](=O)[O-])c1. The van der Waals surface area contributed by atoms with Crippen LogP contribution in [0.5, 0.6) is 5.75 Å². The lowest BCUT2D eigenvalue weighted by atomic mass is 10.3. The van der Waals surface area contributed by atoms with Crippen molar-refractivity contribution in [2.24, 2.45) is 0 Å². The number of sulfonamides is 1. The molecule has 0 aliphatic heterocycles. The lowest BCUT2D eigenvalue weighted by molar-refractivity contribution is -0.386. The molecule has 0 aromatic heterocycles. The lowest BCUT2D eigenvalue weighted by Gasteiger charge is -2.18. The molecule has 1 aromatic rings. The van der Waals surface area contributed by atoms with Crippen LogP contribution in [0.3, 0.4) is 0 Å². The standard InChI is InChI=1S/C13H18N2O7S/c1-3-14(4-2)23(20,21)10-5-6-12(11(9-10)15(18)19)22-8-7-13(16)17/h5-6,9H,3-4,7-8H2,1-2H3,(H,16,17). The van der Waals surface area contributed by atoms with E-state index in [1.165, 1.54) is 10.4 Å². The number of benzene rings is 1. The highest BCUT2D eigenvalue weighted by atomic mass is 32.2. The number of carbonyl (C=O) groups is 1. The predicted octanol–water partition coefficient (Wildman–Crippen LogP) is 1.48. The van der Waals surface area contributed by atoms with E-state index >= 15 is 0 Å². The fraction of sp³-hybridized carbons (Fsp3) is 0.462. The zero-order chi connectivity index (χ0) is 17.6. The summed E-state index contributed by atoms with van der Waals surface area (Å²) in [5.74, 6) is -1.27. The van der Waals surface area contributed by atoms with Crippen LogP contribution in [-0.2, 0) is 14.8 Å². The smallest absolute Gasteiger partial charge is 0.312 e. The average molecular weight is 346 g/mol. The molecular formula is C13H18N2O7S. The Balaban J connectivity index is 3.18. The Morgan fingerprint density at radius 2 is 1.96 bits per heavy atom. The van der Waals surface area contributed by atoms with Gasteiger partial charge in [-0.2, -0.15) is 4.31 Å². The molecule has 128 valence electrons. The first-order valence-corrected chi connectivity index (χ1v) is 8.31. The summed E-state index contributed by atoms with van der Waals surface area (Å²) in [6, 6.07) is 3.29. The average Bonchev–Trinajstić information content (AvgIpc) is 2.47. The first-order chi connectivity index (χ1) is 10.7. The fourth-order valence-electron chi connectivity index (χ4n) is 1.88. The second kappa shape index (κ2) is 7.88. The van der Waals surface area contributed by atoms with Gasteiger partial charge in [-0.25, -0.2) is 8.42 Å². The number of aliphatic carboxylic acids is 1. The molecule has 0 unspecified atom stereocenters. The molecule has 0 atom stereocenters. The van der Waals surface area contributed by atoms with Crippen LogP contribution in [0.25, 0.3) is 0 Å². The fourth-order valence-corrected chi connectivity index (χ4v) is 3.36. The van der Waals surface area contributed by atoms with Crippen molar-refractivity contribution in [3.05, 3.63) is 28.3 Å². The van der Waals surface area contributed by atoms with Crippen molar-refractivity contribution < 1.29 is 28.0 Å². The molecule has 0 fully saturated rings. The van der Waals surface area contributed by atoms with Gasteiger partial charge in [0.25, 0.3) is 0 Å². The summed E-state index contributed by atoms with van der Waals surface area (Å²) >= 11 is 0. The molecule has 0 saturated heterocycles. The molecule has 23 heavy (non-hydrogen) atoms. The van der Waals surface area contributed by atoms with Crippen molar-refractivity contribution in [2.75, 3.05) is 19.7 Å². The number of nitro groups is 1. The van der Waals surface area contributed by atoms with E-state index in [1.54, 1.807) is 13.8 Å².